The van der Waals surface area contributed by atoms with E-state index in [2.05, 4.69) is 35.8 Å². The molecule has 6 heteroatoms. The standard InChI is InChI=1S/C14H24N2O3S/c1-5-6-15-10(9(2)3)7-12(17)13-16-11(8-20-13)14(18)19-4/h8-10,12,15,17H,5-7H2,1-4H3/t10-,12-/m1/s1. The molecule has 114 valence electrons. The molecule has 1 aromatic heterocycles. The average molecular weight is 300 g/mol. The van der Waals surface area contributed by atoms with Gasteiger partial charge in [0.25, 0.3) is 0 Å². The fourth-order valence-electron chi connectivity index (χ4n) is 1.90. The zero-order valence-corrected chi connectivity index (χ0v) is 13.4. The van der Waals surface area contributed by atoms with Gasteiger partial charge in [0.15, 0.2) is 5.69 Å². The van der Waals surface area contributed by atoms with Gasteiger partial charge in [-0.3, -0.25) is 0 Å². The third kappa shape index (κ3) is 4.85. The summed E-state index contributed by atoms with van der Waals surface area (Å²) in [4.78, 5) is 15.5. The molecule has 2 N–H and O–H groups in total. The topological polar surface area (TPSA) is 71.5 Å². The molecule has 2 atom stereocenters. The maximum absolute atomic E-state index is 11.3. The molecule has 0 amide bonds. The summed E-state index contributed by atoms with van der Waals surface area (Å²) >= 11 is 1.29. The van der Waals surface area contributed by atoms with Crippen LogP contribution in [0.2, 0.25) is 0 Å². The average Bonchev–Trinajstić information content (AvgIpc) is 2.91. The highest BCUT2D eigenvalue weighted by atomic mass is 32.1. The molecule has 0 aromatic carbocycles. The second-order valence-electron chi connectivity index (χ2n) is 5.12. The number of methoxy groups -OCH3 is 1. The van der Waals surface area contributed by atoms with Gasteiger partial charge in [-0.1, -0.05) is 20.8 Å². The van der Waals surface area contributed by atoms with Crippen molar-refractivity contribution in [2.24, 2.45) is 5.92 Å². The van der Waals surface area contributed by atoms with Gasteiger partial charge in [-0.2, -0.15) is 0 Å². The Hall–Kier alpha value is -0.980. The molecule has 0 saturated heterocycles. The van der Waals surface area contributed by atoms with Crippen LogP contribution in [-0.4, -0.2) is 35.8 Å². The molecule has 1 rings (SSSR count). The Bertz CT molecular complexity index is 420. The minimum atomic E-state index is -0.657. The zero-order valence-electron chi connectivity index (χ0n) is 12.5. The Balaban J connectivity index is 2.66. The molecule has 0 saturated carbocycles. The number of ether oxygens (including phenoxy) is 1. The Labute approximate surface area is 124 Å². The maximum atomic E-state index is 11.3. The van der Waals surface area contributed by atoms with Crippen LogP contribution < -0.4 is 5.32 Å². The van der Waals surface area contributed by atoms with E-state index in [1.165, 1.54) is 18.4 Å². The third-order valence-electron chi connectivity index (χ3n) is 3.14. The molecule has 20 heavy (non-hydrogen) atoms. The molecule has 0 aliphatic rings. The number of aliphatic hydroxyl groups excluding tert-OH is 1. The normalized spacial score (nSPS) is 14.3. The highest BCUT2D eigenvalue weighted by Gasteiger charge is 2.22. The first-order valence-electron chi connectivity index (χ1n) is 6.94. The van der Waals surface area contributed by atoms with Crippen molar-refractivity contribution in [3.05, 3.63) is 16.1 Å². The molecule has 0 spiro atoms. The number of esters is 1. The van der Waals surface area contributed by atoms with Crippen molar-refractivity contribution in [2.75, 3.05) is 13.7 Å². The van der Waals surface area contributed by atoms with E-state index in [-0.39, 0.29) is 11.7 Å². The lowest BCUT2D eigenvalue weighted by Crippen LogP contribution is -2.35. The van der Waals surface area contributed by atoms with Crippen LogP contribution >= 0.6 is 11.3 Å². The molecular formula is C14H24N2O3S. The van der Waals surface area contributed by atoms with Crippen molar-refractivity contribution in [3.63, 3.8) is 0 Å². The summed E-state index contributed by atoms with van der Waals surface area (Å²) in [7, 11) is 1.32. The van der Waals surface area contributed by atoms with Gasteiger partial charge in [0, 0.05) is 11.4 Å². The second kappa shape index (κ2) is 8.34. The SMILES string of the molecule is CCCN[C@H](C[C@@H](O)c1nc(C(=O)OC)cs1)C(C)C. The molecule has 0 fully saturated rings. The summed E-state index contributed by atoms with van der Waals surface area (Å²) in [6.07, 6.45) is 0.990. The molecule has 0 bridgehead atoms. The second-order valence-corrected chi connectivity index (χ2v) is 6.01. The number of carbonyl (C=O) groups is 1. The number of hydrogen-bond acceptors (Lipinski definition) is 6. The van der Waals surface area contributed by atoms with Crippen LogP contribution in [0, 0.1) is 5.92 Å². The zero-order chi connectivity index (χ0) is 15.1. The first-order valence-corrected chi connectivity index (χ1v) is 7.82. The van der Waals surface area contributed by atoms with Crippen LogP contribution in [-0.2, 0) is 4.74 Å². The van der Waals surface area contributed by atoms with E-state index in [1.54, 1.807) is 5.38 Å². The molecule has 5 nitrogen and oxygen atoms in total. The largest absolute Gasteiger partial charge is 0.464 e. The van der Waals surface area contributed by atoms with E-state index in [0.717, 1.165) is 13.0 Å². The van der Waals surface area contributed by atoms with Gasteiger partial charge in [0.2, 0.25) is 0 Å². The van der Waals surface area contributed by atoms with Gasteiger partial charge < -0.3 is 15.2 Å². The van der Waals surface area contributed by atoms with E-state index in [9.17, 15) is 9.90 Å². The summed E-state index contributed by atoms with van der Waals surface area (Å²) in [6.45, 7) is 7.30. The molecule has 1 heterocycles. The lowest BCUT2D eigenvalue weighted by molar-refractivity contribution is 0.0594. The van der Waals surface area contributed by atoms with Crippen molar-refractivity contribution in [1.29, 1.82) is 0 Å². The first kappa shape index (κ1) is 17.1. The third-order valence-corrected chi connectivity index (χ3v) is 4.09. The first-order chi connectivity index (χ1) is 9.49. The Morgan fingerprint density at radius 2 is 2.25 bits per heavy atom. The van der Waals surface area contributed by atoms with Crippen LogP contribution in [0.3, 0.4) is 0 Å². The fourth-order valence-corrected chi connectivity index (χ4v) is 2.69. The lowest BCUT2D eigenvalue weighted by atomic mass is 9.98. The fraction of sp³-hybridized carbons (Fsp3) is 0.714. The van der Waals surface area contributed by atoms with Crippen LogP contribution in [0.15, 0.2) is 5.38 Å². The van der Waals surface area contributed by atoms with Gasteiger partial charge in [-0.15, -0.1) is 11.3 Å². The number of nitrogens with zero attached hydrogens (tertiary/aromatic N) is 1. The molecule has 0 aliphatic heterocycles. The summed E-state index contributed by atoms with van der Waals surface area (Å²) in [5, 5.41) is 15.9. The van der Waals surface area contributed by atoms with E-state index >= 15 is 0 Å². The van der Waals surface area contributed by atoms with E-state index in [4.69, 9.17) is 0 Å². The van der Waals surface area contributed by atoms with Gasteiger partial charge in [-0.25, -0.2) is 9.78 Å². The van der Waals surface area contributed by atoms with Crippen molar-refractivity contribution >= 4 is 17.3 Å². The number of aliphatic hydroxyl groups is 1. The quantitative estimate of drug-likeness (QED) is 0.721. The molecule has 0 aliphatic carbocycles. The van der Waals surface area contributed by atoms with E-state index in [1.807, 2.05) is 0 Å². The molecular weight excluding hydrogens is 276 g/mol. The predicted molar refractivity (Wildman–Crippen MR) is 80.0 cm³/mol. The van der Waals surface area contributed by atoms with Crippen LogP contribution in [0.4, 0.5) is 0 Å². The molecule has 0 radical (unpaired) electrons. The number of rotatable bonds is 8. The van der Waals surface area contributed by atoms with Gasteiger partial charge in [-0.05, 0) is 25.3 Å². The Morgan fingerprint density at radius 3 is 2.80 bits per heavy atom. The number of hydrogen-bond donors (Lipinski definition) is 2. The Morgan fingerprint density at radius 1 is 1.55 bits per heavy atom. The number of carbonyl (C=O) groups excluding carboxylic acids is 1. The monoisotopic (exact) mass is 300 g/mol. The smallest absolute Gasteiger partial charge is 0.357 e. The lowest BCUT2D eigenvalue weighted by Gasteiger charge is -2.24. The maximum Gasteiger partial charge on any atom is 0.357 e. The number of thiazole rings is 1. The molecule has 1 aromatic rings. The van der Waals surface area contributed by atoms with Crippen LogP contribution in [0.5, 0.6) is 0 Å². The summed E-state index contributed by atoms with van der Waals surface area (Å²) in [5.41, 5.74) is 0.258. The summed E-state index contributed by atoms with van der Waals surface area (Å²) in [6, 6.07) is 0.232. The highest BCUT2D eigenvalue weighted by Crippen LogP contribution is 2.24. The predicted octanol–water partition coefficient (Wildman–Crippen LogP) is 2.38. The number of aromatic nitrogens is 1. The van der Waals surface area contributed by atoms with Crippen molar-refractivity contribution in [1.82, 2.24) is 10.3 Å². The minimum absolute atomic E-state index is 0.232. The Kier molecular flexibility index (Phi) is 7.12. The van der Waals surface area contributed by atoms with Crippen LogP contribution in [0.1, 0.15) is 55.2 Å². The minimum Gasteiger partial charge on any atom is -0.464 e. The summed E-state index contributed by atoms with van der Waals surface area (Å²) < 4.78 is 4.61. The number of nitrogens with one attached hydrogen (secondary N) is 1. The van der Waals surface area contributed by atoms with Gasteiger partial charge in [0.05, 0.1) is 7.11 Å². The van der Waals surface area contributed by atoms with E-state index < -0.39 is 12.1 Å². The van der Waals surface area contributed by atoms with Gasteiger partial charge in [0.1, 0.15) is 11.1 Å². The highest BCUT2D eigenvalue weighted by molar-refractivity contribution is 7.09. The summed E-state index contributed by atoms with van der Waals surface area (Å²) in [5.74, 6) is -0.0412. The van der Waals surface area contributed by atoms with Crippen LogP contribution in [0.25, 0.3) is 0 Å². The van der Waals surface area contributed by atoms with Crippen molar-refractivity contribution in [2.45, 2.75) is 45.8 Å². The van der Waals surface area contributed by atoms with E-state index in [0.29, 0.717) is 17.3 Å². The van der Waals surface area contributed by atoms with Gasteiger partial charge >= 0.3 is 5.97 Å². The molecule has 0 unspecified atom stereocenters. The van der Waals surface area contributed by atoms with Crippen molar-refractivity contribution in [3.8, 4) is 0 Å². The van der Waals surface area contributed by atoms with Crippen molar-refractivity contribution < 1.29 is 14.6 Å².